The highest BCUT2D eigenvalue weighted by Crippen LogP contribution is 2.27. The SMILES string of the molecule is Cc1cc(-c2cc3cc(F)cc(F)c3[nH]2)ccc1F. The fourth-order valence-corrected chi connectivity index (χ4v) is 2.13. The van der Waals surface area contributed by atoms with Gasteiger partial charge in [0.15, 0.2) is 0 Å². The Morgan fingerprint density at radius 3 is 2.42 bits per heavy atom. The molecule has 0 bridgehead atoms. The number of aromatic amines is 1. The van der Waals surface area contributed by atoms with Crippen molar-refractivity contribution in [1.29, 1.82) is 0 Å². The highest BCUT2D eigenvalue weighted by atomic mass is 19.1. The zero-order valence-corrected chi connectivity index (χ0v) is 10.1. The number of aromatic nitrogens is 1. The highest BCUT2D eigenvalue weighted by Gasteiger charge is 2.10. The van der Waals surface area contributed by atoms with E-state index >= 15 is 0 Å². The van der Waals surface area contributed by atoms with Crippen molar-refractivity contribution in [3.05, 3.63) is 59.4 Å². The molecule has 1 nitrogen and oxygen atoms in total. The van der Waals surface area contributed by atoms with Gasteiger partial charge in [0.05, 0.1) is 5.52 Å². The molecular formula is C15H10F3N. The average molecular weight is 261 g/mol. The van der Waals surface area contributed by atoms with E-state index < -0.39 is 11.6 Å². The van der Waals surface area contributed by atoms with Crippen LogP contribution in [0.25, 0.3) is 22.2 Å². The van der Waals surface area contributed by atoms with Gasteiger partial charge < -0.3 is 4.98 Å². The minimum absolute atomic E-state index is 0.248. The van der Waals surface area contributed by atoms with Crippen LogP contribution >= 0.6 is 0 Å². The lowest BCUT2D eigenvalue weighted by Gasteiger charge is -2.00. The second-order valence-electron chi connectivity index (χ2n) is 4.50. The van der Waals surface area contributed by atoms with Crippen LogP contribution in [-0.2, 0) is 0 Å². The minimum Gasteiger partial charge on any atom is -0.352 e. The van der Waals surface area contributed by atoms with E-state index in [0.717, 1.165) is 11.6 Å². The third-order valence-corrected chi connectivity index (χ3v) is 3.11. The van der Waals surface area contributed by atoms with Crippen LogP contribution in [0.4, 0.5) is 13.2 Å². The van der Waals surface area contributed by atoms with Gasteiger partial charge in [0.25, 0.3) is 0 Å². The summed E-state index contributed by atoms with van der Waals surface area (Å²) in [4.78, 5) is 2.89. The van der Waals surface area contributed by atoms with Gasteiger partial charge in [-0.3, -0.25) is 0 Å². The van der Waals surface area contributed by atoms with E-state index in [1.165, 1.54) is 12.1 Å². The molecule has 4 heteroatoms. The molecule has 3 rings (SSSR count). The number of halogens is 3. The lowest BCUT2D eigenvalue weighted by Crippen LogP contribution is -1.84. The molecule has 1 N–H and O–H groups in total. The molecular weight excluding hydrogens is 251 g/mol. The number of benzene rings is 2. The van der Waals surface area contributed by atoms with Gasteiger partial charge in [0, 0.05) is 17.1 Å². The summed E-state index contributed by atoms with van der Waals surface area (Å²) in [5.41, 5.74) is 2.11. The third kappa shape index (κ3) is 1.99. The highest BCUT2D eigenvalue weighted by molar-refractivity contribution is 5.86. The van der Waals surface area contributed by atoms with Gasteiger partial charge >= 0.3 is 0 Å². The number of H-pyrrole nitrogens is 1. The van der Waals surface area contributed by atoms with E-state index in [0.29, 0.717) is 16.6 Å². The minimum atomic E-state index is -0.639. The van der Waals surface area contributed by atoms with Crippen LogP contribution in [0.2, 0.25) is 0 Å². The summed E-state index contributed by atoms with van der Waals surface area (Å²) in [6, 6.07) is 8.35. The van der Waals surface area contributed by atoms with Crippen molar-refractivity contribution in [2.24, 2.45) is 0 Å². The van der Waals surface area contributed by atoms with Crippen molar-refractivity contribution in [2.45, 2.75) is 6.92 Å². The predicted molar refractivity (Wildman–Crippen MR) is 68.3 cm³/mol. The second-order valence-corrected chi connectivity index (χ2v) is 4.50. The summed E-state index contributed by atoms with van der Waals surface area (Å²) >= 11 is 0. The molecule has 1 aromatic heterocycles. The maximum atomic E-state index is 13.6. The van der Waals surface area contributed by atoms with E-state index in [-0.39, 0.29) is 11.3 Å². The third-order valence-electron chi connectivity index (χ3n) is 3.11. The topological polar surface area (TPSA) is 15.8 Å². The molecule has 0 saturated heterocycles. The van der Waals surface area contributed by atoms with Gasteiger partial charge in [-0.05, 0) is 48.4 Å². The zero-order valence-electron chi connectivity index (χ0n) is 10.1. The van der Waals surface area contributed by atoms with Gasteiger partial charge in [-0.25, -0.2) is 13.2 Å². The number of nitrogens with one attached hydrogen (secondary N) is 1. The van der Waals surface area contributed by atoms with Crippen LogP contribution < -0.4 is 0 Å². The summed E-state index contributed by atoms with van der Waals surface area (Å²) in [6.45, 7) is 1.65. The smallest absolute Gasteiger partial charge is 0.150 e. The van der Waals surface area contributed by atoms with Crippen molar-refractivity contribution in [3.8, 4) is 11.3 Å². The normalized spacial score (nSPS) is 11.2. The lowest BCUT2D eigenvalue weighted by molar-refractivity contribution is 0.591. The van der Waals surface area contributed by atoms with Gasteiger partial charge in [-0.15, -0.1) is 0 Å². The second kappa shape index (κ2) is 4.16. The van der Waals surface area contributed by atoms with Crippen LogP contribution in [0.5, 0.6) is 0 Å². The van der Waals surface area contributed by atoms with E-state index in [4.69, 9.17) is 0 Å². The molecule has 0 atom stereocenters. The average Bonchev–Trinajstić information content (AvgIpc) is 2.76. The summed E-state index contributed by atoms with van der Waals surface area (Å²) < 4.78 is 39.9. The predicted octanol–water partition coefficient (Wildman–Crippen LogP) is 4.56. The Balaban J connectivity index is 2.20. The van der Waals surface area contributed by atoms with Crippen molar-refractivity contribution in [2.75, 3.05) is 0 Å². The molecule has 2 aromatic carbocycles. The molecule has 0 unspecified atom stereocenters. The molecule has 0 aliphatic carbocycles. The maximum absolute atomic E-state index is 13.6. The first-order valence-corrected chi connectivity index (χ1v) is 5.79. The van der Waals surface area contributed by atoms with Crippen molar-refractivity contribution >= 4 is 10.9 Å². The number of hydrogen-bond donors (Lipinski definition) is 1. The van der Waals surface area contributed by atoms with Crippen molar-refractivity contribution < 1.29 is 13.2 Å². The molecule has 0 fully saturated rings. The van der Waals surface area contributed by atoms with E-state index in [1.54, 1.807) is 25.1 Å². The molecule has 96 valence electrons. The number of fused-ring (bicyclic) bond motifs is 1. The van der Waals surface area contributed by atoms with Crippen LogP contribution in [0.3, 0.4) is 0 Å². The van der Waals surface area contributed by atoms with E-state index in [2.05, 4.69) is 4.98 Å². The first-order valence-electron chi connectivity index (χ1n) is 5.79. The first-order chi connectivity index (χ1) is 9.04. The standard InChI is InChI=1S/C15H10F3N/c1-8-4-9(2-3-12(8)17)14-6-10-5-11(16)7-13(18)15(10)19-14/h2-7,19H,1H3. The van der Waals surface area contributed by atoms with Gasteiger partial charge in [-0.1, -0.05) is 0 Å². The molecule has 0 spiro atoms. The lowest BCUT2D eigenvalue weighted by atomic mass is 10.1. The summed E-state index contributed by atoms with van der Waals surface area (Å²) in [5, 5.41) is 0.453. The monoisotopic (exact) mass is 261 g/mol. The fourth-order valence-electron chi connectivity index (χ4n) is 2.13. The van der Waals surface area contributed by atoms with Gasteiger partial charge in [-0.2, -0.15) is 0 Å². The van der Waals surface area contributed by atoms with Crippen LogP contribution in [-0.4, -0.2) is 4.98 Å². The summed E-state index contributed by atoms with van der Waals surface area (Å²) in [6.07, 6.45) is 0. The number of rotatable bonds is 1. The Kier molecular flexibility index (Phi) is 2.59. The quantitative estimate of drug-likeness (QED) is 0.661. The Labute approximate surface area is 107 Å². The van der Waals surface area contributed by atoms with Gasteiger partial charge in [0.1, 0.15) is 17.5 Å². The van der Waals surface area contributed by atoms with Crippen LogP contribution in [0.15, 0.2) is 36.4 Å². The molecule has 0 aliphatic heterocycles. The fraction of sp³-hybridized carbons (Fsp3) is 0.0667. The molecule has 0 saturated carbocycles. The largest absolute Gasteiger partial charge is 0.352 e. The van der Waals surface area contributed by atoms with E-state index in [9.17, 15) is 13.2 Å². The van der Waals surface area contributed by atoms with Crippen LogP contribution in [0.1, 0.15) is 5.56 Å². The van der Waals surface area contributed by atoms with Crippen LogP contribution in [0, 0.1) is 24.4 Å². The van der Waals surface area contributed by atoms with Crippen molar-refractivity contribution in [1.82, 2.24) is 4.98 Å². The Bertz CT molecular complexity index is 774. The van der Waals surface area contributed by atoms with Gasteiger partial charge in [0.2, 0.25) is 0 Å². The summed E-state index contributed by atoms with van der Waals surface area (Å²) in [7, 11) is 0. The molecule has 3 aromatic rings. The molecule has 0 radical (unpaired) electrons. The molecule has 1 heterocycles. The Hall–Kier alpha value is -2.23. The zero-order chi connectivity index (χ0) is 13.6. The number of aryl methyl sites for hydroxylation is 1. The Morgan fingerprint density at radius 1 is 0.895 bits per heavy atom. The molecule has 0 amide bonds. The van der Waals surface area contributed by atoms with Crippen molar-refractivity contribution in [3.63, 3.8) is 0 Å². The molecule has 19 heavy (non-hydrogen) atoms. The first kappa shape index (κ1) is 11.8. The maximum Gasteiger partial charge on any atom is 0.150 e. The Morgan fingerprint density at radius 2 is 1.68 bits per heavy atom. The number of hydrogen-bond acceptors (Lipinski definition) is 0. The molecule has 0 aliphatic rings. The van der Waals surface area contributed by atoms with E-state index in [1.807, 2.05) is 0 Å². The summed E-state index contributed by atoms with van der Waals surface area (Å²) in [5.74, 6) is -1.55.